The predicted octanol–water partition coefficient (Wildman–Crippen LogP) is 6.04. The molecule has 0 saturated carbocycles. The summed E-state index contributed by atoms with van der Waals surface area (Å²) in [4.78, 5) is 37.7. The molecule has 0 bridgehead atoms. The van der Waals surface area contributed by atoms with Crippen LogP contribution in [0.2, 0.25) is 5.02 Å². The normalized spacial score (nSPS) is 17.2. The SMILES string of the molecule is Cc1cc(-c2cc(Cl)ccc2OCCn2c(C)nc3c(c2=O)C[C@@H](N2CCC(c4cnn(C)c4)CC2)CC3)c2scc(C(=O)O)c2n1. The molecule has 0 radical (unpaired) electrons. The Morgan fingerprint density at radius 3 is 2.68 bits per heavy atom. The van der Waals surface area contributed by atoms with E-state index in [-0.39, 0.29) is 17.7 Å². The summed E-state index contributed by atoms with van der Waals surface area (Å²) in [6, 6.07) is 7.66. The van der Waals surface area contributed by atoms with Crippen molar-refractivity contribution in [2.75, 3.05) is 19.7 Å². The fourth-order valence-electron chi connectivity index (χ4n) is 7.21. The molecule has 10 nitrogen and oxygen atoms in total. The lowest BCUT2D eigenvalue weighted by Gasteiger charge is -2.39. The maximum atomic E-state index is 13.9. The minimum absolute atomic E-state index is 0.0219. The number of fused-ring (bicyclic) bond motifs is 2. The van der Waals surface area contributed by atoms with Crippen molar-refractivity contribution in [2.24, 2.45) is 7.05 Å². The van der Waals surface area contributed by atoms with Crippen LogP contribution in [-0.2, 0) is 26.4 Å². The molecule has 5 heterocycles. The number of carboxylic acid groups (broad SMARTS) is 1. The Morgan fingerprint density at radius 1 is 1.13 bits per heavy atom. The molecule has 1 aromatic carbocycles. The Labute approximate surface area is 281 Å². The van der Waals surface area contributed by atoms with Gasteiger partial charge in [0.15, 0.2) is 0 Å². The molecular weight excluding hydrogens is 636 g/mol. The van der Waals surface area contributed by atoms with Crippen LogP contribution < -0.4 is 10.3 Å². The van der Waals surface area contributed by atoms with Crippen LogP contribution in [0.5, 0.6) is 5.75 Å². The molecule has 1 N–H and O–H groups in total. The number of piperidine rings is 1. The zero-order chi connectivity index (χ0) is 32.8. The van der Waals surface area contributed by atoms with E-state index in [1.54, 1.807) is 16.0 Å². The Kier molecular flexibility index (Phi) is 8.63. The molecule has 1 atom stereocenters. The van der Waals surface area contributed by atoms with Crippen molar-refractivity contribution in [2.45, 2.75) is 64.5 Å². The summed E-state index contributed by atoms with van der Waals surface area (Å²) < 4.78 is 10.7. The number of likely N-dealkylation sites (tertiary alicyclic amines) is 1. The van der Waals surface area contributed by atoms with Gasteiger partial charge in [-0.3, -0.25) is 23.9 Å². The molecule has 1 fully saturated rings. The van der Waals surface area contributed by atoms with Gasteiger partial charge in [0.25, 0.3) is 5.56 Å². The van der Waals surface area contributed by atoms with E-state index in [9.17, 15) is 14.7 Å². The number of carboxylic acids is 1. The molecule has 0 amide bonds. The van der Waals surface area contributed by atoms with E-state index in [0.29, 0.717) is 46.3 Å². The number of aryl methyl sites for hydroxylation is 4. The van der Waals surface area contributed by atoms with E-state index in [2.05, 4.69) is 21.2 Å². The Morgan fingerprint density at radius 2 is 1.94 bits per heavy atom. The number of ether oxygens (including phenoxy) is 1. The highest BCUT2D eigenvalue weighted by Gasteiger charge is 2.31. The van der Waals surface area contributed by atoms with Crippen molar-refractivity contribution in [1.82, 2.24) is 29.2 Å². The molecule has 4 aromatic heterocycles. The third-order valence-electron chi connectivity index (χ3n) is 9.62. The minimum atomic E-state index is -1.01. The highest BCUT2D eigenvalue weighted by atomic mass is 35.5. The second-order valence-corrected chi connectivity index (χ2v) is 13.9. The van der Waals surface area contributed by atoms with Crippen molar-refractivity contribution >= 4 is 39.1 Å². The summed E-state index contributed by atoms with van der Waals surface area (Å²) in [6.07, 6.45) is 8.88. The molecule has 0 spiro atoms. The number of halogens is 1. The van der Waals surface area contributed by atoms with Crippen LogP contribution in [0.3, 0.4) is 0 Å². The van der Waals surface area contributed by atoms with Crippen molar-refractivity contribution in [1.29, 1.82) is 0 Å². The maximum absolute atomic E-state index is 13.9. The number of hydrogen-bond acceptors (Lipinski definition) is 8. The highest BCUT2D eigenvalue weighted by molar-refractivity contribution is 7.18. The first-order valence-corrected chi connectivity index (χ1v) is 17.3. The molecule has 244 valence electrons. The highest BCUT2D eigenvalue weighted by Crippen LogP contribution is 2.40. The molecule has 1 aliphatic heterocycles. The summed E-state index contributed by atoms with van der Waals surface area (Å²) in [6.45, 7) is 6.37. The topological polar surface area (TPSA) is 115 Å². The summed E-state index contributed by atoms with van der Waals surface area (Å²) >= 11 is 7.77. The molecule has 1 saturated heterocycles. The number of carbonyl (C=O) groups is 1. The average molecular weight is 673 g/mol. The first-order valence-electron chi connectivity index (χ1n) is 16.0. The van der Waals surface area contributed by atoms with Gasteiger partial charge in [-0.2, -0.15) is 5.10 Å². The fraction of sp³-hybridized carbons (Fsp3) is 0.400. The van der Waals surface area contributed by atoms with Crippen LogP contribution in [-0.4, -0.2) is 66.0 Å². The molecule has 12 heteroatoms. The Balaban J connectivity index is 1.07. The second-order valence-electron chi connectivity index (χ2n) is 12.6. The largest absolute Gasteiger partial charge is 0.491 e. The summed E-state index contributed by atoms with van der Waals surface area (Å²) in [5.74, 6) is 0.812. The predicted molar refractivity (Wildman–Crippen MR) is 183 cm³/mol. The summed E-state index contributed by atoms with van der Waals surface area (Å²) in [7, 11) is 1.96. The molecule has 7 rings (SSSR count). The number of hydrogen-bond donors (Lipinski definition) is 1. The first-order chi connectivity index (χ1) is 22.7. The molecule has 2 aliphatic rings. The van der Waals surface area contributed by atoms with Crippen LogP contribution in [0.4, 0.5) is 0 Å². The lowest BCUT2D eigenvalue weighted by atomic mass is 9.87. The Bertz CT molecular complexity index is 2040. The summed E-state index contributed by atoms with van der Waals surface area (Å²) in [5.41, 5.74) is 5.96. The van der Waals surface area contributed by atoms with Crippen LogP contribution >= 0.6 is 22.9 Å². The van der Waals surface area contributed by atoms with Crippen molar-refractivity contribution in [3.05, 3.63) is 91.3 Å². The zero-order valence-electron chi connectivity index (χ0n) is 26.7. The Hall–Kier alpha value is -4.06. The lowest BCUT2D eigenvalue weighted by molar-refractivity contribution is 0.0699. The number of benzene rings is 1. The quantitative estimate of drug-likeness (QED) is 0.212. The van der Waals surface area contributed by atoms with Gasteiger partial charge in [-0.1, -0.05) is 11.6 Å². The zero-order valence-corrected chi connectivity index (χ0v) is 28.3. The van der Waals surface area contributed by atoms with Crippen LogP contribution in [0, 0.1) is 13.8 Å². The smallest absolute Gasteiger partial charge is 0.338 e. The van der Waals surface area contributed by atoms with Gasteiger partial charge in [-0.05, 0) is 94.8 Å². The number of nitrogens with zero attached hydrogens (tertiary/aromatic N) is 6. The van der Waals surface area contributed by atoms with Crippen LogP contribution in [0.1, 0.15) is 63.9 Å². The maximum Gasteiger partial charge on any atom is 0.338 e. The van der Waals surface area contributed by atoms with Crippen LogP contribution in [0.25, 0.3) is 21.3 Å². The molecule has 0 unspecified atom stereocenters. The monoisotopic (exact) mass is 672 g/mol. The number of thiophene rings is 1. The fourth-order valence-corrected chi connectivity index (χ4v) is 8.39. The van der Waals surface area contributed by atoms with E-state index in [0.717, 1.165) is 72.3 Å². The van der Waals surface area contributed by atoms with Crippen molar-refractivity contribution in [3.63, 3.8) is 0 Å². The van der Waals surface area contributed by atoms with E-state index in [1.807, 2.05) is 50.0 Å². The van der Waals surface area contributed by atoms with Crippen LogP contribution in [0.15, 0.2) is 46.8 Å². The van der Waals surface area contributed by atoms with Crippen molar-refractivity contribution in [3.8, 4) is 16.9 Å². The van der Waals surface area contributed by atoms with Gasteiger partial charge < -0.3 is 9.84 Å². The molecular formula is C35H37ClN6O4S. The van der Waals surface area contributed by atoms with Gasteiger partial charge in [0.2, 0.25) is 0 Å². The van der Waals surface area contributed by atoms with Gasteiger partial charge in [0.05, 0.1) is 34.2 Å². The van der Waals surface area contributed by atoms with E-state index >= 15 is 0 Å². The number of rotatable bonds is 8. The third-order valence-corrected chi connectivity index (χ3v) is 10.9. The van der Waals surface area contributed by atoms with Gasteiger partial charge in [0, 0.05) is 52.1 Å². The van der Waals surface area contributed by atoms with Gasteiger partial charge in [0.1, 0.15) is 18.2 Å². The number of aromatic nitrogens is 5. The third kappa shape index (κ3) is 6.19. The lowest BCUT2D eigenvalue weighted by Crippen LogP contribution is -2.46. The van der Waals surface area contributed by atoms with E-state index < -0.39 is 5.97 Å². The molecule has 47 heavy (non-hydrogen) atoms. The molecule has 5 aromatic rings. The van der Waals surface area contributed by atoms with E-state index in [4.69, 9.17) is 21.3 Å². The van der Waals surface area contributed by atoms with E-state index in [1.165, 1.54) is 16.9 Å². The first kappa shape index (κ1) is 31.5. The van der Waals surface area contributed by atoms with Gasteiger partial charge in [-0.25, -0.2) is 9.78 Å². The van der Waals surface area contributed by atoms with Crippen molar-refractivity contribution < 1.29 is 14.6 Å². The number of pyridine rings is 1. The number of aromatic carboxylic acids is 1. The second kappa shape index (κ2) is 12.9. The average Bonchev–Trinajstić information content (AvgIpc) is 3.69. The van der Waals surface area contributed by atoms with Gasteiger partial charge in [-0.15, -0.1) is 11.3 Å². The summed E-state index contributed by atoms with van der Waals surface area (Å²) in [5, 5.41) is 16.2. The van der Waals surface area contributed by atoms with Gasteiger partial charge >= 0.3 is 5.97 Å². The standard InChI is InChI=1S/C35H37ClN6O4S/c1-20-14-27(33-32(38-20)29(19-47-33)35(44)45)26-15-24(36)4-7-31(26)46-13-12-42-21(2)39-30-6-5-25(16-28(30)34(42)43)41-10-8-22(9-11-41)23-17-37-40(3)18-23/h4,7,14-15,17-19,22,25H,5-6,8-13,16H2,1-3H3,(H,44,45)/t25-/m0/s1. The molecule has 1 aliphatic carbocycles. The minimum Gasteiger partial charge on any atom is -0.491 e.